The van der Waals surface area contributed by atoms with Crippen molar-refractivity contribution in [2.75, 3.05) is 39.3 Å². The van der Waals surface area contributed by atoms with Gasteiger partial charge >= 0.3 is 0 Å². The van der Waals surface area contributed by atoms with Crippen molar-refractivity contribution in [2.24, 2.45) is 0 Å². The van der Waals surface area contributed by atoms with Crippen molar-refractivity contribution in [2.45, 2.75) is 58.6 Å². The van der Waals surface area contributed by atoms with Gasteiger partial charge in [-0.05, 0) is 52.6 Å². The molecular formula is C16H33N3O2. The maximum Gasteiger partial charge on any atom is 0.234 e. The van der Waals surface area contributed by atoms with E-state index in [9.17, 15) is 4.79 Å². The third-order valence-electron chi connectivity index (χ3n) is 3.64. The van der Waals surface area contributed by atoms with Crippen LogP contribution in [0.25, 0.3) is 0 Å². The molecular weight excluding hydrogens is 266 g/mol. The SMILES string of the molecule is CCCN(CC(=O)NCCCOC(C)C)CC1CCCN1. The Labute approximate surface area is 129 Å². The first-order valence-electron chi connectivity index (χ1n) is 8.45. The molecule has 5 heteroatoms. The van der Waals surface area contributed by atoms with E-state index in [1.54, 1.807) is 0 Å². The first-order valence-corrected chi connectivity index (χ1v) is 8.45. The molecule has 1 aliphatic rings. The van der Waals surface area contributed by atoms with Gasteiger partial charge in [0, 0.05) is 25.7 Å². The van der Waals surface area contributed by atoms with E-state index in [1.807, 2.05) is 13.8 Å². The van der Waals surface area contributed by atoms with E-state index in [0.29, 0.717) is 25.7 Å². The third kappa shape index (κ3) is 9.06. The third-order valence-corrected chi connectivity index (χ3v) is 3.64. The van der Waals surface area contributed by atoms with E-state index in [0.717, 1.165) is 32.5 Å². The van der Waals surface area contributed by atoms with E-state index in [2.05, 4.69) is 22.5 Å². The molecule has 1 aliphatic heterocycles. The van der Waals surface area contributed by atoms with Gasteiger partial charge in [-0.25, -0.2) is 0 Å². The van der Waals surface area contributed by atoms with Gasteiger partial charge in [0.05, 0.1) is 12.6 Å². The molecule has 0 aromatic heterocycles. The summed E-state index contributed by atoms with van der Waals surface area (Å²) in [7, 11) is 0. The molecule has 0 saturated carbocycles. The molecule has 0 bridgehead atoms. The summed E-state index contributed by atoms with van der Waals surface area (Å²) in [5.74, 6) is 0.131. The molecule has 0 aromatic rings. The van der Waals surface area contributed by atoms with Gasteiger partial charge in [0.2, 0.25) is 5.91 Å². The Balaban J connectivity index is 2.15. The number of hydrogen-bond donors (Lipinski definition) is 2. The minimum atomic E-state index is 0.131. The predicted octanol–water partition coefficient (Wildman–Crippen LogP) is 1.38. The fraction of sp³-hybridized carbons (Fsp3) is 0.938. The van der Waals surface area contributed by atoms with E-state index in [-0.39, 0.29) is 12.0 Å². The van der Waals surface area contributed by atoms with Gasteiger partial charge in [0.1, 0.15) is 0 Å². The number of rotatable bonds is 11. The van der Waals surface area contributed by atoms with Crippen LogP contribution in [0.2, 0.25) is 0 Å². The molecule has 1 amide bonds. The molecule has 21 heavy (non-hydrogen) atoms. The molecule has 1 fully saturated rings. The van der Waals surface area contributed by atoms with Gasteiger partial charge < -0.3 is 15.4 Å². The molecule has 2 N–H and O–H groups in total. The molecule has 0 aromatic carbocycles. The minimum absolute atomic E-state index is 0.131. The van der Waals surface area contributed by atoms with Crippen LogP contribution in [0.4, 0.5) is 0 Å². The van der Waals surface area contributed by atoms with E-state index >= 15 is 0 Å². The fourth-order valence-corrected chi connectivity index (χ4v) is 2.65. The number of ether oxygens (including phenoxy) is 1. The Bertz CT molecular complexity index is 279. The summed E-state index contributed by atoms with van der Waals surface area (Å²) < 4.78 is 5.46. The average molecular weight is 299 g/mol. The summed E-state index contributed by atoms with van der Waals surface area (Å²) in [4.78, 5) is 14.3. The lowest BCUT2D eigenvalue weighted by Crippen LogP contribution is -2.43. The Kier molecular flexibility index (Phi) is 9.63. The van der Waals surface area contributed by atoms with Gasteiger partial charge in [0.15, 0.2) is 0 Å². The van der Waals surface area contributed by atoms with Crippen LogP contribution < -0.4 is 10.6 Å². The molecule has 1 atom stereocenters. The smallest absolute Gasteiger partial charge is 0.234 e. The highest BCUT2D eigenvalue weighted by molar-refractivity contribution is 5.77. The topological polar surface area (TPSA) is 53.6 Å². The van der Waals surface area contributed by atoms with E-state index < -0.39 is 0 Å². The average Bonchev–Trinajstić information content (AvgIpc) is 2.91. The summed E-state index contributed by atoms with van der Waals surface area (Å²) >= 11 is 0. The molecule has 0 aliphatic carbocycles. The number of amides is 1. The van der Waals surface area contributed by atoms with Crippen LogP contribution in [-0.4, -0.2) is 62.3 Å². The van der Waals surface area contributed by atoms with Gasteiger partial charge in [-0.1, -0.05) is 6.92 Å². The van der Waals surface area contributed by atoms with Crippen LogP contribution in [0.15, 0.2) is 0 Å². The summed E-state index contributed by atoms with van der Waals surface area (Å²) in [5.41, 5.74) is 0. The zero-order chi connectivity index (χ0) is 15.5. The van der Waals surface area contributed by atoms with Gasteiger partial charge in [0.25, 0.3) is 0 Å². The van der Waals surface area contributed by atoms with Crippen LogP contribution >= 0.6 is 0 Å². The zero-order valence-electron chi connectivity index (χ0n) is 14.0. The van der Waals surface area contributed by atoms with Crippen molar-refractivity contribution in [3.63, 3.8) is 0 Å². The predicted molar refractivity (Wildman–Crippen MR) is 86.5 cm³/mol. The molecule has 124 valence electrons. The van der Waals surface area contributed by atoms with Crippen LogP contribution in [0.3, 0.4) is 0 Å². The largest absolute Gasteiger partial charge is 0.379 e. The molecule has 1 saturated heterocycles. The number of hydrogen-bond acceptors (Lipinski definition) is 4. The lowest BCUT2D eigenvalue weighted by atomic mass is 10.2. The molecule has 0 radical (unpaired) electrons. The highest BCUT2D eigenvalue weighted by Crippen LogP contribution is 2.07. The summed E-state index contributed by atoms with van der Waals surface area (Å²) in [6, 6.07) is 0.559. The number of carbonyl (C=O) groups is 1. The van der Waals surface area contributed by atoms with Gasteiger partial charge in [-0.15, -0.1) is 0 Å². The fourth-order valence-electron chi connectivity index (χ4n) is 2.65. The Morgan fingerprint density at radius 3 is 2.90 bits per heavy atom. The van der Waals surface area contributed by atoms with Gasteiger partial charge in [-0.2, -0.15) is 0 Å². The monoisotopic (exact) mass is 299 g/mol. The van der Waals surface area contributed by atoms with Crippen LogP contribution in [-0.2, 0) is 9.53 Å². The van der Waals surface area contributed by atoms with Crippen LogP contribution in [0.5, 0.6) is 0 Å². The van der Waals surface area contributed by atoms with E-state index in [4.69, 9.17) is 4.74 Å². The highest BCUT2D eigenvalue weighted by atomic mass is 16.5. The molecule has 5 nitrogen and oxygen atoms in total. The van der Waals surface area contributed by atoms with Crippen molar-refractivity contribution in [3.05, 3.63) is 0 Å². The highest BCUT2D eigenvalue weighted by Gasteiger charge is 2.18. The first-order chi connectivity index (χ1) is 10.1. The normalized spacial score (nSPS) is 18.6. The molecule has 1 unspecified atom stereocenters. The molecule has 1 heterocycles. The van der Waals surface area contributed by atoms with Gasteiger partial charge in [-0.3, -0.25) is 9.69 Å². The van der Waals surface area contributed by atoms with Crippen molar-refractivity contribution >= 4 is 5.91 Å². The maximum absolute atomic E-state index is 12.0. The minimum Gasteiger partial charge on any atom is -0.379 e. The van der Waals surface area contributed by atoms with Crippen molar-refractivity contribution in [1.29, 1.82) is 0 Å². The van der Waals surface area contributed by atoms with E-state index in [1.165, 1.54) is 12.8 Å². The molecule has 0 spiro atoms. The maximum atomic E-state index is 12.0. The number of nitrogens with one attached hydrogen (secondary N) is 2. The Morgan fingerprint density at radius 1 is 1.48 bits per heavy atom. The lowest BCUT2D eigenvalue weighted by molar-refractivity contribution is -0.122. The van der Waals surface area contributed by atoms with Crippen molar-refractivity contribution in [3.8, 4) is 0 Å². The second kappa shape index (κ2) is 11.0. The van der Waals surface area contributed by atoms with Crippen LogP contribution in [0.1, 0.15) is 46.5 Å². The second-order valence-electron chi connectivity index (χ2n) is 6.15. The quantitative estimate of drug-likeness (QED) is 0.566. The number of carbonyl (C=O) groups excluding carboxylic acids is 1. The lowest BCUT2D eigenvalue weighted by Gasteiger charge is -2.24. The summed E-state index contributed by atoms with van der Waals surface area (Å²) in [5, 5.41) is 6.49. The Morgan fingerprint density at radius 2 is 2.29 bits per heavy atom. The van der Waals surface area contributed by atoms with Crippen LogP contribution in [0, 0.1) is 0 Å². The standard InChI is InChI=1S/C16H33N3O2/c1-4-10-19(12-15-7-5-8-17-15)13-16(20)18-9-6-11-21-14(2)3/h14-15,17H,4-13H2,1-3H3,(H,18,20). The zero-order valence-corrected chi connectivity index (χ0v) is 14.0. The Hall–Kier alpha value is -0.650. The summed E-state index contributed by atoms with van der Waals surface area (Å²) in [6.45, 7) is 11.2. The van der Waals surface area contributed by atoms with Crippen molar-refractivity contribution < 1.29 is 9.53 Å². The number of nitrogens with zero attached hydrogens (tertiary/aromatic N) is 1. The second-order valence-corrected chi connectivity index (χ2v) is 6.15. The molecule has 1 rings (SSSR count). The first kappa shape index (κ1) is 18.4. The summed E-state index contributed by atoms with van der Waals surface area (Å²) in [6.07, 6.45) is 4.71. The van der Waals surface area contributed by atoms with Crippen molar-refractivity contribution in [1.82, 2.24) is 15.5 Å².